The number of anilines is 1. The summed E-state index contributed by atoms with van der Waals surface area (Å²) in [6.07, 6.45) is -4.58. The Balaban J connectivity index is 1.72. The molecule has 2 aromatic rings. The van der Waals surface area contributed by atoms with E-state index in [9.17, 15) is 22.8 Å². The number of nitrogens with one attached hydrogen (secondary N) is 1. The largest absolute Gasteiger partial charge is 0.418 e. The van der Waals surface area contributed by atoms with E-state index >= 15 is 0 Å². The predicted octanol–water partition coefficient (Wildman–Crippen LogP) is 4.25. The molecule has 0 aliphatic carbocycles. The number of para-hydroxylation sites is 1. The van der Waals surface area contributed by atoms with E-state index in [2.05, 4.69) is 5.32 Å². The first-order valence-electron chi connectivity index (χ1n) is 8.59. The number of rotatable bonds is 4. The molecule has 0 unspecified atom stereocenters. The summed E-state index contributed by atoms with van der Waals surface area (Å²) in [6.45, 7) is 2.04. The lowest BCUT2D eigenvalue weighted by atomic mass is 10.1. The van der Waals surface area contributed by atoms with E-state index in [1.165, 1.54) is 18.2 Å². The van der Waals surface area contributed by atoms with Crippen LogP contribution in [0.5, 0.6) is 0 Å². The van der Waals surface area contributed by atoms with Gasteiger partial charge in [-0.2, -0.15) is 13.2 Å². The van der Waals surface area contributed by atoms with Crippen LogP contribution in [0.4, 0.5) is 18.9 Å². The second-order valence-corrected chi connectivity index (χ2v) is 6.57. The minimum absolute atomic E-state index is 0.0167. The standard InChI is InChI=1S/C20H19F3N2O2/c1-13(14-7-3-2-4-8-14)25-12-15(11-18(25)26)19(27)24-17-10-6-5-9-16(17)20(21,22)23/h2-10,13,15H,11-12H2,1H3,(H,24,27)/t13-,15+/m0/s1. The number of likely N-dealkylation sites (tertiary alicyclic amines) is 1. The molecule has 0 radical (unpaired) electrons. The van der Waals surface area contributed by atoms with E-state index in [0.717, 1.165) is 11.6 Å². The van der Waals surface area contributed by atoms with Crippen LogP contribution >= 0.6 is 0 Å². The monoisotopic (exact) mass is 376 g/mol. The molecule has 142 valence electrons. The highest BCUT2D eigenvalue weighted by atomic mass is 19.4. The van der Waals surface area contributed by atoms with Crippen molar-refractivity contribution in [1.29, 1.82) is 0 Å². The summed E-state index contributed by atoms with van der Waals surface area (Å²) in [6, 6.07) is 14.0. The molecule has 4 nitrogen and oxygen atoms in total. The molecule has 27 heavy (non-hydrogen) atoms. The fourth-order valence-corrected chi connectivity index (χ4v) is 3.27. The summed E-state index contributed by atoms with van der Waals surface area (Å²) >= 11 is 0. The van der Waals surface area contributed by atoms with Gasteiger partial charge in [0.2, 0.25) is 11.8 Å². The first-order chi connectivity index (χ1) is 12.8. The molecule has 3 rings (SSSR count). The van der Waals surface area contributed by atoms with Gasteiger partial charge in [0.25, 0.3) is 0 Å². The van der Waals surface area contributed by atoms with Crippen LogP contribution in [0, 0.1) is 5.92 Å². The van der Waals surface area contributed by atoms with Gasteiger partial charge in [0.05, 0.1) is 23.2 Å². The minimum atomic E-state index is -4.57. The highest BCUT2D eigenvalue weighted by Crippen LogP contribution is 2.35. The number of nitrogens with zero attached hydrogens (tertiary/aromatic N) is 1. The predicted molar refractivity (Wildman–Crippen MR) is 94.8 cm³/mol. The first-order valence-corrected chi connectivity index (χ1v) is 8.59. The molecule has 1 aliphatic rings. The average molecular weight is 376 g/mol. The smallest absolute Gasteiger partial charge is 0.335 e. The van der Waals surface area contributed by atoms with Crippen molar-refractivity contribution in [2.75, 3.05) is 11.9 Å². The normalized spacial score (nSPS) is 18.4. The Morgan fingerprint density at radius 3 is 2.41 bits per heavy atom. The van der Waals surface area contributed by atoms with Gasteiger partial charge in [-0.25, -0.2) is 0 Å². The number of benzene rings is 2. The number of carbonyl (C=O) groups excluding carboxylic acids is 2. The van der Waals surface area contributed by atoms with Crippen LogP contribution in [0.15, 0.2) is 54.6 Å². The Bertz CT molecular complexity index is 837. The molecular weight excluding hydrogens is 357 g/mol. The molecule has 1 heterocycles. The first kappa shape index (κ1) is 18.9. The zero-order valence-corrected chi connectivity index (χ0v) is 14.7. The van der Waals surface area contributed by atoms with Crippen molar-refractivity contribution in [2.24, 2.45) is 5.92 Å². The van der Waals surface area contributed by atoms with Crippen molar-refractivity contribution in [3.63, 3.8) is 0 Å². The van der Waals surface area contributed by atoms with Gasteiger partial charge in [-0.15, -0.1) is 0 Å². The van der Waals surface area contributed by atoms with Gasteiger partial charge >= 0.3 is 6.18 Å². The maximum absolute atomic E-state index is 13.1. The number of halogens is 3. The molecule has 2 amide bonds. The minimum Gasteiger partial charge on any atom is -0.335 e. The third kappa shape index (κ3) is 4.13. The number of amides is 2. The summed E-state index contributed by atoms with van der Waals surface area (Å²) < 4.78 is 39.2. The summed E-state index contributed by atoms with van der Waals surface area (Å²) in [5.74, 6) is -1.46. The van der Waals surface area contributed by atoms with Gasteiger partial charge in [-0.1, -0.05) is 42.5 Å². The van der Waals surface area contributed by atoms with Gasteiger partial charge in [0.15, 0.2) is 0 Å². The molecular formula is C20H19F3N2O2. The molecule has 0 saturated carbocycles. The molecule has 0 bridgehead atoms. The van der Waals surface area contributed by atoms with Crippen molar-refractivity contribution in [3.05, 3.63) is 65.7 Å². The Morgan fingerprint density at radius 1 is 1.11 bits per heavy atom. The van der Waals surface area contributed by atoms with Crippen LogP contribution in [-0.4, -0.2) is 23.3 Å². The van der Waals surface area contributed by atoms with E-state index in [-0.39, 0.29) is 30.6 Å². The number of carbonyl (C=O) groups is 2. The third-order valence-corrected chi connectivity index (χ3v) is 4.77. The lowest BCUT2D eigenvalue weighted by molar-refractivity contribution is -0.137. The van der Waals surface area contributed by atoms with Crippen molar-refractivity contribution in [1.82, 2.24) is 4.90 Å². The van der Waals surface area contributed by atoms with Crippen molar-refractivity contribution in [2.45, 2.75) is 25.6 Å². The SMILES string of the molecule is C[C@@H](c1ccccc1)N1C[C@H](C(=O)Nc2ccccc2C(F)(F)F)CC1=O. The van der Waals surface area contributed by atoms with Crippen LogP contribution in [-0.2, 0) is 15.8 Å². The lowest BCUT2D eigenvalue weighted by Gasteiger charge is -2.25. The summed E-state index contributed by atoms with van der Waals surface area (Å²) in [4.78, 5) is 26.4. The Hall–Kier alpha value is -2.83. The van der Waals surface area contributed by atoms with Crippen molar-refractivity contribution in [3.8, 4) is 0 Å². The maximum atomic E-state index is 13.1. The Labute approximate surface area is 155 Å². The van der Waals surface area contributed by atoms with Crippen molar-refractivity contribution < 1.29 is 22.8 Å². The van der Waals surface area contributed by atoms with Crippen LogP contribution < -0.4 is 5.32 Å². The second kappa shape index (κ2) is 7.42. The lowest BCUT2D eigenvalue weighted by Crippen LogP contribution is -2.30. The van der Waals surface area contributed by atoms with Gasteiger partial charge in [-0.05, 0) is 24.6 Å². The zero-order valence-electron chi connectivity index (χ0n) is 14.7. The van der Waals surface area contributed by atoms with Crippen LogP contribution in [0.3, 0.4) is 0 Å². The number of alkyl halides is 3. The average Bonchev–Trinajstić information content (AvgIpc) is 3.03. The zero-order chi connectivity index (χ0) is 19.6. The van der Waals surface area contributed by atoms with Gasteiger partial charge in [-0.3, -0.25) is 9.59 Å². The molecule has 1 aliphatic heterocycles. The van der Waals surface area contributed by atoms with Gasteiger partial charge in [0, 0.05) is 13.0 Å². The fraction of sp³-hybridized carbons (Fsp3) is 0.300. The number of hydrogen-bond donors (Lipinski definition) is 1. The molecule has 2 atom stereocenters. The molecule has 1 N–H and O–H groups in total. The van der Waals surface area contributed by atoms with E-state index in [0.29, 0.717) is 0 Å². The van der Waals surface area contributed by atoms with E-state index in [1.54, 1.807) is 4.90 Å². The van der Waals surface area contributed by atoms with Gasteiger partial charge < -0.3 is 10.2 Å². The molecule has 2 aromatic carbocycles. The second-order valence-electron chi connectivity index (χ2n) is 6.57. The Morgan fingerprint density at radius 2 is 1.74 bits per heavy atom. The molecule has 7 heteroatoms. The van der Waals surface area contributed by atoms with E-state index in [1.807, 2.05) is 37.3 Å². The van der Waals surface area contributed by atoms with Crippen LogP contribution in [0.1, 0.15) is 30.5 Å². The highest BCUT2D eigenvalue weighted by molar-refractivity contribution is 5.97. The molecule has 0 spiro atoms. The summed E-state index contributed by atoms with van der Waals surface area (Å²) in [5.41, 5.74) is -0.261. The maximum Gasteiger partial charge on any atom is 0.418 e. The Kier molecular flexibility index (Phi) is 5.21. The molecule has 1 fully saturated rings. The van der Waals surface area contributed by atoms with Gasteiger partial charge in [0.1, 0.15) is 0 Å². The quantitative estimate of drug-likeness (QED) is 0.867. The summed E-state index contributed by atoms with van der Waals surface area (Å²) in [7, 11) is 0. The van der Waals surface area contributed by atoms with E-state index in [4.69, 9.17) is 0 Å². The van der Waals surface area contributed by atoms with E-state index < -0.39 is 23.6 Å². The molecule has 0 aromatic heterocycles. The topological polar surface area (TPSA) is 49.4 Å². The van der Waals surface area contributed by atoms with Crippen molar-refractivity contribution >= 4 is 17.5 Å². The fourth-order valence-electron chi connectivity index (χ4n) is 3.27. The van der Waals surface area contributed by atoms with Crippen LogP contribution in [0.25, 0.3) is 0 Å². The highest BCUT2D eigenvalue weighted by Gasteiger charge is 2.38. The summed E-state index contributed by atoms with van der Waals surface area (Å²) in [5, 5.41) is 2.34. The van der Waals surface area contributed by atoms with Crippen LogP contribution in [0.2, 0.25) is 0 Å². The number of hydrogen-bond acceptors (Lipinski definition) is 2. The third-order valence-electron chi connectivity index (χ3n) is 4.77. The molecule has 1 saturated heterocycles.